The van der Waals surface area contributed by atoms with Gasteiger partial charge in [-0.05, 0) is 37.3 Å². The van der Waals surface area contributed by atoms with Gasteiger partial charge in [-0.3, -0.25) is 9.59 Å². The van der Waals surface area contributed by atoms with Gasteiger partial charge in [0.15, 0.2) is 0 Å². The molecule has 4 heteroatoms. The zero-order valence-electron chi connectivity index (χ0n) is 11.2. The third-order valence-corrected chi connectivity index (χ3v) is 3.86. The summed E-state index contributed by atoms with van der Waals surface area (Å²) >= 11 is 0. The van der Waals surface area contributed by atoms with Crippen LogP contribution in [0, 0.1) is 24.7 Å². The monoisotopic (exact) mass is 261 g/mol. The van der Waals surface area contributed by atoms with Gasteiger partial charge in [0.2, 0.25) is 5.91 Å². The fourth-order valence-corrected chi connectivity index (χ4v) is 2.79. The number of hydrogen-bond donors (Lipinski definition) is 2. The normalized spacial score (nSPS) is 26.1. The Morgan fingerprint density at radius 2 is 1.84 bits per heavy atom. The summed E-state index contributed by atoms with van der Waals surface area (Å²) in [5.41, 5.74) is 1.74. The van der Waals surface area contributed by atoms with E-state index in [-0.39, 0.29) is 11.8 Å². The molecule has 0 bridgehead atoms. The lowest BCUT2D eigenvalue weighted by Gasteiger charge is -2.16. The molecule has 1 aromatic rings. The third kappa shape index (κ3) is 2.95. The van der Waals surface area contributed by atoms with Crippen LogP contribution in [0.3, 0.4) is 0 Å². The van der Waals surface area contributed by atoms with Crippen LogP contribution in [0.1, 0.15) is 25.3 Å². The Morgan fingerprint density at radius 3 is 2.47 bits per heavy atom. The van der Waals surface area contributed by atoms with Gasteiger partial charge in [-0.15, -0.1) is 0 Å². The Morgan fingerprint density at radius 1 is 1.21 bits per heavy atom. The first kappa shape index (κ1) is 13.6. The molecule has 1 saturated carbocycles. The van der Waals surface area contributed by atoms with Crippen molar-refractivity contribution >= 4 is 17.6 Å². The van der Waals surface area contributed by atoms with Crippen molar-refractivity contribution in [1.29, 1.82) is 0 Å². The minimum Gasteiger partial charge on any atom is -0.481 e. The van der Waals surface area contributed by atoms with Crippen molar-refractivity contribution in [2.75, 3.05) is 5.32 Å². The summed E-state index contributed by atoms with van der Waals surface area (Å²) in [6.45, 7) is 3.92. The second-order valence-corrected chi connectivity index (χ2v) is 5.43. The first-order valence-electron chi connectivity index (χ1n) is 6.58. The summed E-state index contributed by atoms with van der Waals surface area (Å²) in [6.07, 6.45) is 1.23. The SMILES string of the molecule is Cc1ccccc1NC(=O)C1CC(C)CC1C(=O)O. The Hall–Kier alpha value is -1.84. The quantitative estimate of drug-likeness (QED) is 0.879. The van der Waals surface area contributed by atoms with E-state index in [4.69, 9.17) is 0 Å². The molecule has 2 N–H and O–H groups in total. The number of nitrogens with one attached hydrogen (secondary N) is 1. The van der Waals surface area contributed by atoms with Gasteiger partial charge in [0.05, 0.1) is 11.8 Å². The van der Waals surface area contributed by atoms with E-state index in [9.17, 15) is 14.7 Å². The van der Waals surface area contributed by atoms with E-state index in [1.807, 2.05) is 38.1 Å². The molecule has 19 heavy (non-hydrogen) atoms. The van der Waals surface area contributed by atoms with Crippen LogP contribution in [0.5, 0.6) is 0 Å². The van der Waals surface area contributed by atoms with E-state index in [1.165, 1.54) is 0 Å². The predicted octanol–water partition coefficient (Wildman–Crippen LogP) is 2.68. The summed E-state index contributed by atoms with van der Waals surface area (Å²) < 4.78 is 0. The number of para-hydroxylation sites is 1. The molecule has 0 spiro atoms. The van der Waals surface area contributed by atoms with E-state index in [1.54, 1.807) is 0 Å². The van der Waals surface area contributed by atoms with E-state index < -0.39 is 17.8 Å². The molecule has 0 aliphatic heterocycles. The summed E-state index contributed by atoms with van der Waals surface area (Å²) in [4.78, 5) is 23.5. The van der Waals surface area contributed by atoms with Crippen molar-refractivity contribution in [3.05, 3.63) is 29.8 Å². The number of hydrogen-bond acceptors (Lipinski definition) is 2. The van der Waals surface area contributed by atoms with Crippen molar-refractivity contribution in [3.63, 3.8) is 0 Å². The molecule has 0 heterocycles. The molecule has 1 aliphatic rings. The van der Waals surface area contributed by atoms with Gasteiger partial charge in [0, 0.05) is 5.69 Å². The van der Waals surface area contributed by atoms with Crippen molar-refractivity contribution < 1.29 is 14.7 Å². The fraction of sp³-hybridized carbons (Fsp3) is 0.467. The number of aryl methyl sites for hydroxylation is 1. The van der Waals surface area contributed by atoms with Gasteiger partial charge < -0.3 is 10.4 Å². The van der Waals surface area contributed by atoms with Crippen LogP contribution in [0.4, 0.5) is 5.69 Å². The van der Waals surface area contributed by atoms with Crippen molar-refractivity contribution in [2.24, 2.45) is 17.8 Å². The van der Waals surface area contributed by atoms with Gasteiger partial charge >= 0.3 is 5.97 Å². The number of rotatable bonds is 3. The van der Waals surface area contributed by atoms with Crippen LogP contribution in [-0.2, 0) is 9.59 Å². The largest absolute Gasteiger partial charge is 0.481 e. The zero-order chi connectivity index (χ0) is 14.0. The zero-order valence-corrected chi connectivity index (χ0v) is 11.2. The first-order valence-corrected chi connectivity index (χ1v) is 6.58. The van der Waals surface area contributed by atoms with Crippen LogP contribution in [0.2, 0.25) is 0 Å². The van der Waals surface area contributed by atoms with Gasteiger partial charge in [-0.25, -0.2) is 0 Å². The maximum Gasteiger partial charge on any atom is 0.307 e. The average molecular weight is 261 g/mol. The van der Waals surface area contributed by atoms with Crippen LogP contribution < -0.4 is 5.32 Å². The highest BCUT2D eigenvalue weighted by Crippen LogP contribution is 2.37. The third-order valence-electron chi connectivity index (χ3n) is 3.86. The highest BCUT2D eigenvalue weighted by molar-refractivity contribution is 5.96. The summed E-state index contributed by atoms with van der Waals surface area (Å²) in [7, 11) is 0. The lowest BCUT2D eigenvalue weighted by Crippen LogP contribution is -2.30. The van der Waals surface area contributed by atoms with E-state index >= 15 is 0 Å². The van der Waals surface area contributed by atoms with Gasteiger partial charge in [-0.1, -0.05) is 25.1 Å². The molecule has 0 saturated heterocycles. The number of amides is 1. The maximum atomic E-state index is 12.3. The Labute approximate surface area is 112 Å². The highest BCUT2D eigenvalue weighted by Gasteiger charge is 2.41. The number of carboxylic acids is 1. The fourth-order valence-electron chi connectivity index (χ4n) is 2.79. The number of carboxylic acid groups (broad SMARTS) is 1. The van der Waals surface area contributed by atoms with E-state index in [0.717, 1.165) is 11.3 Å². The Balaban J connectivity index is 2.11. The number of carbonyl (C=O) groups excluding carboxylic acids is 1. The van der Waals surface area contributed by atoms with Gasteiger partial charge in [0.1, 0.15) is 0 Å². The molecular weight excluding hydrogens is 242 g/mol. The van der Waals surface area contributed by atoms with Crippen molar-refractivity contribution in [1.82, 2.24) is 0 Å². The topological polar surface area (TPSA) is 66.4 Å². The number of carbonyl (C=O) groups is 2. The molecule has 1 fully saturated rings. The van der Waals surface area contributed by atoms with Crippen molar-refractivity contribution in [2.45, 2.75) is 26.7 Å². The predicted molar refractivity (Wildman–Crippen MR) is 72.8 cm³/mol. The van der Waals surface area contributed by atoms with E-state index in [2.05, 4.69) is 5.32 Å². The van der Waals surface area contributed by atoms with E-state index in [0.29, 0.717) is 12.8 Å². The molecule has 0 radical (unpaired) electrons. The summed E-state index contributed by atoms with van der Waals surface area (Å²) in [5.74, 6) is -1.74. The second kappa shape index (κ2) is 5.43. The molecule has 3 atom stereocenters. The molecule has 102 valence electrons. The molecule has 3 unspecified atom stereocenters. The standard InChI is InChI=1S/C15H19NO3/c1-9-7-11(12(8-9)15(18)19)14(17)16-13-6-4-3-5-10(13)2/h3-6,9,11-12H,7-8H2,1-2H3,(H,16,17)(H,18,19). The van der Waals surface area contributed by atoms with Crippen LogP contribution >= 0.6 is 0 Å². The molecule has 1 aliphatic carbocycles. The Bertz CT molecular complexity index is 498. The minimum absolute atomic E-state index is 0.175. The molecule has 2 rings (SSSR count). The molecule has 4 nitrogen and oxygen atoms in total. The van der Waals surface area contributed by atoms with Crippen LogP contribution in [-0.4, -0.2) is 17.0 Å². The smallest absolute Gasteiger partial charge is 0.307 e. The average Bonchev–Trinajstić information content (AvgIpc) is 2.74. The molecule has 1 aromatic carbocycles. The highest BCUT2D eigenvalue weighted by atomic mass is 16.4. The molecular formula is C15H19NO3. The number of anilines is 1. The first-order chi connectivity index (χ1) is 8.99. The summed E-state index contributed by atoms with van der Waals surface area (Å²) in [5, 5.41) is 12.0. The molecule has 1 amide bonds. The van der Waals surface area contributed by atoms with Crippen LogP contribution in [0.15, 0.2) is 24.3 Å². The lowest BCUT2D eigenvalue weighted by atomic mass is 9.95. The van der Waals surface area contributed by atoms with Crippen molar-refractivity contribution in [3.8, 4) is 0 Å². The minimum atomic E-state index is -0.866. The summed E-state index contributed by atoms with van der Waals surface area (Å²) in [6, 6.07) is 7.51. The Kier molecular flexibility index (Phi) is 3.88. The van der Waals surface area contributed by atoms with Gasteiger partial charge in [-0.2, -0.15) is 0 Å². The maximum absolute atomic E-state index is 12.3. The van der Waals surface area contributed by atoms with Gasteiger partial charge in [0.25, 0.3) is 0 Å². The second-order valence-electron chi connectivity index (χ2n) is 5.43. The lowest BCUT2D eigenvalue weighted by molar-refractivity contribution is -0.145. The number of benzene rings is 1. The molecule has 0 aromatic heterocycles. The number of aliphatic carboxylic acids is 1. The van der Waals surface area contributed by atoms with Crippen LogP contribution in [0.25, 0.3) is 0 Å².